The van der Waals surface area contributed by atoms with Gasteiger partial charge in [0.25, 0.3) is 5.91 Å². The Hall–Kier alpha value is -3.61. The van der Waals surface area contributed by atoms with Crippen molar-refractivity contribution in [2.24, 2.45) is 0 Å². The lowest BCUT2D eigenvalue weighted by Gasteiger charge is -2.10. The van der Waals surface area contributed by atoms with E-state index in [9.17, 15) is 4.79 Å². The standard InChI is InChI=1S/C24H27NO6/c1-27-18-6-9-20(28-2)17(14-18)15-19-7-10-22(31-19)24(26)25-12-11-16-5-8-21(29-3)23(13-16)30-4/h5-10,13-14H,11-12,15H2,1-4H3,(H,25,26). The van der Waals surface area contributed by atoms with Crippen LogP contribution in [0.15, 0.2) is 52.9 Å². The second kappa shape index (κ2) is 10.4. The van der Waals surface area contributed by atoms with E-state index < -0.39 is 0 Å². The van der Waals surface area contributed by atoms with Crippen molar-refractivity contribution in [2.75, 3.05) is 35.0 Å². The van der Waals surface area contributed by atoms with E-state index in [1.165, 1.54) is 0 Å². The molecule has 3 rings (SSSR count). The van der Waals surface area contributed by atoms with E-state index in [-0.39, 0.29) is 11.7 Å². The van der Waals surface area contributed by atoms with Crippen LogP contribution in [0.2, 0.25) is 0 Å². The summed E-state index contributed by atoms with van der Waals surface area (Å²) in [6, 6.07) is 14.7. The molecule has 0 atom stereocenters. The highest BCUT2D eigenvalue weighted by molar-refractivity contribution is 5.91. The number of methoxy groups -OCH3 is 4. The molecule has 7 nitrogen and oxygen atoms in total. The van der Waals surface area contributed by atoms with Gasteiger partial charge in [-0.1, -0.05) is 6.07 Å². The summed E-state index contributed by atoms with van der Waals surface area (Å²) in [7, 11) is 6.42. The van der Waals surface area contributed by atoms with Crippen molar-refractivity contribution in [1.29, 1.82) is 0 Å². The number of amides is 1. The van der Waals surface area contributed by atoms with Crippen molar-refractivity contribution in [3.63, 3.8) is 0 Å². The number of ether oxygens (including phenoxy) is 4. The molecule has 0 radical (unpaired) electrons. The molecule has 2 aromatic carbocycles. The molecule has 0 aliphatic rings. The molecule has 3 aromatic rings. The number of carbonyl (C=O) groups is 1. The van der Waals surface area contributed by atoms with Crippen molar-refractivity contribution in [3.05, 3.63) is 71.2 Å². The first-order valence-corrected chi connectivity index (χ1v) is 9.86. The molecule has 0 saturated heterocycles. The number of hydrogen-bond acceptors (Lipinski definition) is 6. The Kier molecular flexibility index (Phi) is 7.43. The van der Waals surface area contributed by atoms with E-state index in [1.807, 2.05) is 36.4 Å². The molecular formula is C24H27NO6. The first-order valence-electron chi connectivity index (χ1n) is 9.86. The third-order valence-electron chi connectivity index (χ3n) is 4.88. The number of nitrogens with one attached hydrogen (secondary N) is 1. The van der Waals surface area contributed by atoms with Crippen molar-refractivity contribution >= 4 is 5.91 Å². The van der Waals surface area contributed by atoms with E-state index in [1.54, 1.807) is 40.6 Å². The molecule has 0 aliphatic carbocycles. The third-order valence-corrected chi connectivity index (χ3v) is 4.88. The highest BCUT2D eigenvalue weighted by atomic mass is 16.5. The summed E-state index contributed by atoms with van der Waals surface area (Å²) in [4.78, 5) is 12.5. The molecular weight excluding hydrogens is 398 g/mol. The molecule has 7 heteroatoms. The zero-order valence-electron chi connectivity index (χ0n) is 18.2. The summed E-state index contributed by atoms with van der Waals surface area (Å²) in [6.45, 7) is 0.466. The Morgan fingerprint density at radius 2 is 1.58 bits per heavy atom. The monoisotopic (exact) mass is 425 g/mol. The number of furan rings is 1. The van der Waals surface area contributed by atoms with Crippen LogP contribution in [-0.2, 0) is 12.8 Å². The average Bonchev–Trinajstić information content (AvgIpc) is 3.27. The maximum Gasteiger partial charge on any atom is 0.287 e. The Bertz CT molecular complexity index is 1030. The van der Waals surface area contributed by atoms with Gasteiger partial charge in [0.1, 0.15) is 17.3 Å². The fraction of sp³-hybridized carbons (Fsp3) is 0.292. The summed E-state index contributed by atoms with van der Waals surface area (Å²) in [6.07, 6.45) is 1.14. The van der Waals surface area contributed by atoms with Crippen molar-refractivity contribution in [3.8, 4) is 23.0 Å². The van der Waals surface area contributed by atoms with Crippen LogP contribution >= 0.6 is 0 Å². The second-order valence-corrected chi connectivity index (χ2v) is 6.82. The topological polar surface area (TPSA) is 79.2 Å². The van der Waals surface area contributed by atoms with Crippen LogP contribution in [0, 0.1) is 0 Å². The van der Waals surface area contributed by atoms with Gasteiger partial charge in [0.2, 0.25) is 0 Å². The fourth-order valence-electron chi connectivity index (χ4n) is 3.25. The molecule has 1 aromatic heterocycles. The molecule has 1 amide bonds. The van der Waals surface area contributed by atoms with Crippen LogP contribution in [0.4, 0.5) is 0 Å². The Balaban J connectivity index is 1.58. The van der Waals surface area contributed by atoms with Gasteiger partial charge < -0.3 is 28.7 Å². The van der Waals surface area contributed by atoms with E-state index in [0.29, 0.717) is 36.6 Å². The molecule has 0 bridgehead atoms. The second-order valence-electron chi connectivity index (χ2n) is 6.82. The number of carbonyl (C=O) groups excluding carboxylic acids is 1. The van der Waals surface area contributed by atoms with E-state index in [0.717, 1.165) is 22.6 Å². The zero-order valence-corrected chi connectivity index (χ0v) is 18.2. The largest absolute Gasteiger partial charge is 0.497 e. The maximum absolute atomic E-state index is 12.5. The maximum atomic E-state index is 12.5. The number of benzene rings is 2. The van der Waals surface area contributed by atoms with Gasteiger partial charge in [-0.05, 0) is 54.4 Å². The van der Waals surface area contributed by atoms with Crippen molar-refractivity contribution < 1.29 is 28.2 Å². The summed E-state index contributed by atoms with van der Waals surface area (Å²) >= 11 is 0. The van der Waals surface area contributed by atoms with Gasteiger partial charge >= 0.3 is 0 Å². The summed E-state index contributed by atoms with van der Waals surface area (Å²) < 4.78 is 27.0. The Morgan fingerprint density at radius 1 is 0.839 bits per heavy atom. The smallest absolute Gasteiger partial charge is 0.287 e. The Labute approximate surface area is 181 Å². The highest BCUT2D eigenvalue weighted by Crippen LogP contribution is 2.28. The van der Waals surface area contributed by atoms with E-state index >= 15 is 0 Å². The predicted octanol–water partition coefficient (Wildman–Crippen LogP) is 3.88. The van der Waals surface area contributed by atoms with Gasteiger partial charge in [0, 0.05) is 18.5 Å². The van der Waals surface area contributed by atoms with Crippen LogP contribution in [0.5, 0.6) is 23.0 Å². The first-order chi connectivity index (χ1) is 15.1. The van der Waals surface area contributed by atoms with Gasteiger partial charge in [-0.2, -0.15) is 0 Å². The van der Waals surface area contributed by atoms with Crippen LogP contribution in [-0.4, -0.2) is 40.9 Å². The van der Waals surface area contributed by atoms with Gasteiger partial charge in [-0.15, -0.1) is 0 Å². The van der Waals surface area contributed by atoms with E-state index in [4.69, 9.17) is 23.4 Å². The quantitative estimate of drug-likeness (QED) is 0.531. The van der Waals surface area contributed by atoms with Crippen LogP contribution < -0.4 is 24.3 Å². The van der Waals surface area contributed by atoms with Crippen LogP contribution in [0.3, 0.4) is 0 Å². The summed E-state index contributed by atoms with van der Waals surface area (Å²) in [5.41, 5.74) is 1.94. The lowest BCUT2D eigenvalue weighted by atomic mass is 10.1. The van der Waals surface area contributed by atoms with Crippen molar-refractivity contribution in [2.45, 2.75) is 12.8 Å². The van der Waals surface area contributed by atoms with Crippen LogP contribution in [0.1, 0.15) is 27.4 Å². The third kappa shape index (κ3) is 5.51. The molecule has 0 unspecified atom stereocenters. The minimum atomic E-state index is -0.260. The molecule has 0 aliphatic heterocycles. The average molecular weight is 425 g/mol. The van der Waals surface area contributed by atoms with Gasteiger partial charge in [0.05, 0.1) is 28.4 Å². The zero-order chi connectivity index (χ0) is 22.2. The molecule has 1 N–H and O–H groups in total. The molecule has 0 spiro atoms. The number of hydrogen-bond donors (Lipinski definition) is 1. The fourth-order valence-corrected chi connectivity index (χ4v) is 3.25. The van der Waals surface area contributed by atoms with Gasteiger partial charge in [0.15, 0.2) is 17.3 Å². The van der Waals surface area contributed by atoms with Gasteiger partial charge in [-0.3, -0.25) is 4.79 Å². The first kappa shape index (κ1) is 22.1. The summed E-state index contributed by atoms with van der Waals surface area (Å²) in [5, 5.41) is 2.88. The lowest BCUT2D eigenvalue weighted by molar-refractivity contribution is 0.0925. The predicted molar refractivity (Wildman–Crippen MR) is 117 cm³/mol. The SMILES string of the molecule is COc1ccc(OC)c(Cc2ccc(C(=O)NCCc3ccc(OC)c(OC)c3)o2)c1. The van der Waals surface area contributed by atoms with E-state index in [2.05, 4.69) is 5.32 Å². The minimum Gasteiger partial charge on any atom is -0.497 e. The lowest BCUT2D eigenvalue weighted by Crippen LogP contribution is -2.25. The molecule has 1 heterocycles. The molecule has 0 saturated carbocycles. The van der Waals surface area contributed by atoms with Crippen LogP contribution in [0.25, 0.3) is 0 Å². The number of rotatable bonds is 10. The highest BCUT2D eigenvalue weighted by Gasteiger charge is 2.14. The Morgan fingerprint density at radius 3 is 2.29 bits per heavy atom. The molecule has 0 fully saturated rings. The molecule has 31 heavy (non-hydrogen) atoms. The van der Waals surface area contributed by atoms with Gasteiger partial charge in [-0.25, -0.2) is 0 Å². The minimum absolute atomic E-state index is 0.260. The normalized spacial score (nSPS) is 10.5. The summed E-state index contributed by atoms with van der Waals surface area (Å²) in [5.74, 6) is 3.47. The molecule has 164 valence electrons. The van der Waals surface area contributed by atoms with Crippen molar-refractivity contribution in [1.82, 2.24) is 5.32 Å².